The standard InChI is InChI=1S/C27H31N3O2S/c1-20-11-13-23(14-12-20)27-24(33-21(2)28-27)19-26(32)30-17-15-29(16-18-30)25(31)10-6-9-22-7-4-3-5-8-22/h3-5,7-8,11-14H,6,9-10,15-19H2,1-2H3. The van der Waals surface area contributed by atoms with E-state index in [9.17, 15) is 9.59 Å². The Morgan fingerprint density at radius 1 is 0.879 bits per heavy atom. The van der Waals surface area contributed by atoms with Crippen molar-refractivity contribution in [1.29, 1.82) is 0 Å². The van der Waals surface area contributed by atoms with Crippen molar-refractivity contribution >= 4 is 23.2 Å². The van der Waals surface area contributed by atoms with Gasteiger partial charge >= 0.3 is 0 Å². The lowest BCUT2D eigenvalue weighted by atomic mass is 10.1. The quantitative estimate of drug-likeness (QED) is 0.514. The van der Waals surface area contributed by atoms with Crippen LogP contribution in [-0.4, -0.2) is 52.8 Å². The normalized spacial score (nSPS) is 13.9. The van der Waals surface area contributed by atoms with Crippen LogP contribution in [0.4, 0.5) is 0 Å². The first kappa shape index (κ1) is 23.2. The molecule has 4 rings (SSSR count). The monoisotopic (exact) mass is 461 g/mol. The molecule has 3 aromatic rings. The summed E-state index contributed by atoms with van der Waals surface area (Å²) in [5.41, 5.74) is 4.44. The molecule has 0 spiro atoms. The van der Waals surface area contributed by atoms with E-state index >= 15 is 0 Å². The molecule has 2 amide bonds. The molecule has 5 nitrogen and oxygen atoms in total. The topological polar surface area (TPSA) is 53.5 Å². The van der Waals surface area contributed by atoms with Gasteiger partial charge in [-0.25, -0.2) is 4.98 Å². The minimum atomic E-state index is 0.114. The number of aryl methyl sites for hydroxylation is 3. The third kappa shape index (κ3) is 6.08. The molecule has 1 aromatic heterocycles. The van der Waals surface area contributed by atoms with Crippen LogP contribution in [0.3, 0.4) is 0 Å². The van der Waals surface area contributed by atoms with Crippen LogP contribution in [0.5, 0.6) is 0 Å². The van der Waals surface area contributed by atoms with Crippen molar-refractivity contribution in [3.8, 4) is 11.3 Å². The highest BCUT2D eigenvalue weighted by Crippen LogP contribution is 2.29. The van der Waals surface area contributed by atoms with Crippen molar-refractivity contribution in [1.82, 2.24) is 14.8 Å². The van der Waals surface area contributed by atoms with E-state index in [0.717, 1.165) is 34.0 Å². The number of benzene rings is 2. The van der Waals surface area contributed by atoms with E-state index in [1.165, 1.54) is 11.1 Å². The molecule has 0 radical (unpaired) electrons. The fraction of sp³-hybridized carbons (Fsp3) is 0.370. The summed E-state index contributed by atoms with van der Waals surface area (Å²) in [6.07, 6.45) is 2.69. The van der Waals surface area contributed by atoms with E-state index in [1.807, 2.05) is 34.9 Å². The third-order valence-electron chi connectivity index (χ3n) is 6.13. The smallest absolute Gasteiger partial charge is 0.228 e. The number of carbonyl (C=O) groups is 2. The minimum Gasteiger partial charge on any atom is -0.339 e. The van der Waals surface area contributed by atoms with Gasteiger partial charge in [0.1, 0.15) is 0 Å². The molecule has 33 heavy (non-hydrogen) atoms. The SMILES string of the molecule is Cc1ccc(-c2nc(C)sc2CC(=O)N2CCN(C(=O)CCCc3ccccc3)CC2)cc1. The molecule has 0 bridgehead atoms. The molecule has 0 saturated carbocycles. The van der Waals surface area contributed by atoms with Crippen LogP contribution in [0, 0.1) is 13.8 Å². The van der Waals surface area contributed by atoms with Crippen LogP contribution >= 0.6 is 11.3 Å². The molecule has 2 aromatic carbocycles. The molecule has 1 saturated heterocycles. The lowest BCUT2D eigenvalue weighted by Crippen LogP contribution is -2.50. The Hall–Kier alpha value is -2.99. The molecule has 6 heteroatoms. The Morgan fingerprint density at radius 2 is 1.52 bits per heavy atom. The predicted octanol–water partition coefficient (Wildman–Crippen LogP) is 4.66. The van der Waals surface area contributed by atoms with Gasteiger partial charge in [-0.2, -0.15) is 0 Å². The van der Waals surface area contributed by atoms with Gasteiger partial charge in [0.05, 0.1) is 17.1 Å². The van der Waals surface area contributed by atoms with Crippen molar-refractivity contribution in [2.24, 2.45) is 0 Å². The Kier molecular flexibility index (Phi) is 7.55. The first-order valence-corrected chi connectivity index (χ1v) is 12.4. The van der Waals surface area contributed by atoms with Gasteiger partial charge in [-0.05, 0) is 32.3 Å². The van der Waals surface area contributed by atoms with E-state index in [4.69, 9.17) is 0 Å². The van der Waals surface area contributed by atoms with Crippen LogP contribution in [0.2, 0.25) is 0 Å². The summed E-state index contributed by atoms with van der Waals surface area (Å²) in [6.45, 7) is 6.47. The van der Waals surface area contributed by atoms with E-state index in [0.29, 0.717) is 39.0 Å². The largest absolute Gasteiger partial charge is 0.339 e. The van der Waals surface area contributed by atoms with E-state index in [1.54, 1.807) is 11.3 Å². The van der Waals surface area contributed by atoms with Crippen molar-refractivity contribution in [2.75, 3.05) is 26.2 Å². The summed E-state index contributed by atoms with van der Waals surface area (Å²) in [5, 5.41) is 0.972. The third-order valence-corrected chi connectivity index (χ3v) is 7.10. The van der Waals surface area contributed by atoms with Crippen LogP contribution in [0.15, 0.2) is 54.6 Å². The lowest BCUT2D eigenvalue weighted by molar-refractivity contribution is -0.139. The van der Waals surface area contributed by atoms with Crippen molar-refractivity contribution in [3.05, 3.63) is 75.6 Å². The second-order valence-electron chi connectivity index (χ2n) is 8.65. The van der Waals surface area contributed by atoms with Gasteiger partial charge in [0.25, 0.3) is 0 Å². The highest BCUT2D eigenvalue weighted by Gasteiger charge is 2.25. The van der Waals surface area contributed by atoms with Crippen LogP contribution in [0.1, 0.15) is 33.9 Å². The van der Waals surface area contributed by atoms with Gasteiger partial charge in [0.2, 0.25) is 11.8 Å². The number of hydrogen-bond acceptors (Lipinski definition) is 4. The molecule has 0 atom stereocenters. The number of carbonyl (C=O) groups excluding carboxylic acids is 2. The maximum Gasteiger partial charge on any atom is 0.228 e. The molecule has 0 unspecified atom stereocenters. The lowest BCUT2D eigenvalue weighted by Gasteiger charge is -2.35. The van der Waals surface area contributed by atoms with Gasteiger partial charge in [0, 0.05) is 43.0 Å². The molecule has 2 heterocycles. The fourth-order valence-electron chi connectivity index (χ4n) is 4.23. The zero-order chi connectivity index (χ0) is 23.2. The number of amides is 2. The van der Waals surface area contributed by atoms with Crippen LogP contribution in [0.25, 0.3) is 11.3 Å². The van der Waals surface area contributed by atoms with Crippen molar-refractivity contribution < 1.29 is 9.59 Å². The highest BCUT2D eigenvalue weighted by atomic mass is 32.1. The van der Waals surface area contributed by atoms with E-state index in [-0.39, 0.29) is 11.8 Å². The Balaban J connectivity index is 1.27. The van der Waals surface area contributed by atoms with E-state index in [2.05, 4.69) is 48.3 Å². The minimum absolute atomic E-state index is 0.114. The predicted molar refractivity (Wildman–Crippen MR) is 133 cm³/mol. The number of aromatic nitrogens is 1. The molecule has 172 valence electrons. The van der Waals surface area contributed by atoms with E-state index < -0.39 is 0 Å². The maximum atomic E-state index is 13.0. The summed E-state index contributed by atoms with van der Waals surface area (Å²) in [5.74, 6) is 0.306. The van der Waals surface area contributed by atoms with Gasteiger partial charge < -0.3 is 9.80 Å². The summed E-state index contributed by atoms with van der Waals surface area (Å²) < 4.78 is 0. The number of piperazine rings is 1. The Bertz CT molecular complexity index is 1080. The average Bonchev–Trinajstić information content (AvgIpc) is 3.20. The zero-order valence-corrected chi connectivity index (χ0v) is 20.2. The van der Waals surface area contributed by atoms with Crippen molar-refractivity contribution in [2.45, 2.75) is 39.5 Å². The van der Waals surface area contributed by atoms with Crippen molar-refractivity contribution in [3.63, 3.8) is 0 Å². The fourth-order valence-corrected chi connectivity index (χ4v) is 5.18. The first-order chi connectivity index (χ1) is 16.0. The molecular weight excluding hydrogens is 430 g/mol. The number of thiazole rings is 1. The second-order valence-corrected chi connectivity index (χ2v) is 9.94. The summed E-state index contributed by atoms with van der Waals surface area (Å²) in [6, 6.07) is 18.6. The number of hydrogen-bond donors (Lipinski definition) is 0. The summed E-state index contributed by atoms with van der Waals surface area (Å²) in [4.78, 5) is 35.1. The molecule has 0 aliphatic carbocycles. The molecular formula is C27H31N3O2S. The van der Waals surface area contributed by atoms with Gasteiger partial charge in [-0.3, -0.25) is 9.59 Å². The molecule has 0 N–H and O–H groups in total. The molecule has 1 fully saturated rings. The van der Waals surface area contributed by atoms with Gasteiger partial charge in [-0.15, -0.1) is 11.3 Å². The molecule has 1 aliphatic rings. The zero-order valence-electron chi connectivity index (χ0n) is 19.4. The summed E-state index contributed by atoms with van der Waals surface area (Å²) >= 11 is 1.60. The van der Waals surface area contributed by atoms with Gasteiger partial charge in [-0.1, -0.05) is 60.2 Å². The maximum absolute atomic E-state index is 13.0. The Morgan fingerprint density at radius 3 is 2.18 bits per heavy atom. The number of nitrogens with zero attached hydrogens (tertiary/aromatic N) is 3. The average molecular weight is 462 g/mol. The number of rotatable bonds is 7. The first-order valence-electron chi connectivity index (χ1n) is 11.6. The Labute approximate surface area is 200 Å². The van der Waals surface area contributed by atoms with Crippen LogP contribution in [-0.2, 0) is 22.4 Å². The second kappa shape index (κ2) is 10.8. The van der Waals surface area contributed by atoms with Gasteiger partial charge in [0.15, 0.2) is 0 Å². The highest BCUT2D eigenvalue weighted by molar-refractivity contribution is 7.12. The summed E-state index contributed by atoms with van der Waals surface area (Å²) in [7, 11) is 0. The van der Waals surface area contributed by atoms with Crippen LogP contribution < -0.4 is 0 Å². The molecule has 1 aliphatic heterocycles.